The highest BCUT2D eigenvalue weighted by atomic mass is 35.5. The number of anilines is 1. The highest BCUT2D eigenvalue weighted by molar-refractivity contribution is 5.99. The number of hydrogen-bond acceptors (Lipinski definition) is 3. The lowest BCUT2D eigenvalue weighted by atomic mass is 9.81. The van der Waals surface area contributed by atoms with Crippen LogP contribution in [0.15, 0.2) is 54.6 Å². The van der Waals surface area contributed by atoms with Crippen molar-refractivity contribution >= 4 is 24.0 Å². The van der Waals surface area contributed by atoms with Crippen molar-refractivity contribution in [1.82, 2.24) is 0 Å². The average molecular weight is 305 g/mol. The molecule has 5 heteroatoms. The minimum absolute atomic E-state index is 0. The summed E-state index contributed by atoms with van der Waals surface area (Å²) in [5.41, 5.74) is 8.97. The predicted molar refractivity (Wildman–Crippen MR) is 84.4 cm³/mol. The average Bonchev–Trinajstić information content (AvgIpc) is 2.50. The van der Waals surface area contributed by atoms with Gasteiger partial charge in [0.25, 0.3) is 5.91 Å². The van der Waals surface area contributed by atoms with Gasteiger partial charge in [-0.3, -0.25) is 9.63 Å². The summed E-state index contributed by atoms with van der Waals surface area (Å²) >= 11 is 0. The monoisotopic (exact) mass is 304 g/mol. The molecule has 4 nitrogen and oxygen atoms in total. The van der Waals surface area contributed by atoms with Crippen molar-refractivity contribution in [3.8, 4) is 0 Å². The van der Waals surface area contributed by atoms with Crippen LogP contribution in [0.25, 0.3) is 0 Å². The van der Waals surface area contributed by atoms with E-state index in [0.29, 0.717) is 0 Å². The van der Waals surface area contributed by atoms with Gasteiger partial charge in [0.05, 0.1) is 18.8 Å². The molecular weight excluding hydrogens is 288 g/mol. The molecule has 0 spiro atoms. The van der Waals surface area contributed by atoms with E-state index in [1.54, 1.807) is 0 Å². The molecule has 0 saturated heterocycles. The number of hydrogen-bond donors (Lipinski definition) is 1. The molecule has 1 aliphatic rings. The standard InChI is InChI=1S/C16H16N2O2.ClH/c1-20-18-13-10-6-5-9-12(13)14(15(17)16(18)19)11-7-3-2-4-8-11;/h2-10,14-15H,17H2,1H3;1H/t14-,15+;/m0./s1. The number of carbonyl (C=O) groups is 1. The lowest BCUT2D eigenvalue weighted by molar-refractivity contribution is -0.127. The van der Waals surface area contributed by atoms with Crippen LogP contribution in [0.1, 0.15) is 17.0 Å². The Kier molecular flexibility index (Phi) is 4.63. The van der Waals surface area contributed by atoms with Gasteiger partial charge < -0.3 is 5.73 Å². The van der Waals surface area contributed by atoms with E-state index < -0.39 is 6.04 Å². The number of fused-ring (bicyclic) bond motifs is 1. The maximum absolute atomic E-state index is 12.4. The minimum Gasteiger partial charge on any atom is -0.319 e. The Balaban J connectivity index is 0.00000161. The smallest absolute Gasteiger partial charge is 0.268 e. The molecule has 1 amide bonds. The van der Waals surface area contributed by atoms with E-state index in [0.717, 1.165) is 16.8 Å². The maximum Gasteiger partial charge on any atom is 0.268 e. The quantitative estimate of drug-likeness (QED) is 0.927. The summed E-state index contributed by atoms with van der Waals surface area (Å²) in [7, 11) is 1.48. The molecule has 0 fully saturated rings. The second kappa shape index (κ2) is 6.26. The Morgan fingerprint density at radius 1 is 1.05 bits per heavy atom. The normalized spacial score (nSPS) is 20.7. The molecule has 2 N–H and O–H groups in total. The van der Waals surface area contributed by atoms with Crippen LogP contribution in [-0.4, -0.2) is 19.1 Å². The Bertz CT molecular complexity index is 633. The van der Waals surface area contributed by atoms with E-state index in [2.05, 4.69) is 0 Å². The van der Waals surface area contributed by atoms with Gasteiger partial charge in [-0.05, 0) is 17.2 Å². The summed E-state index contributed by atoms with van der Waals surface area (Å²) in [5.74, 6) is -0.369. The number of rotatable bonds is 2. The fraction of sp³-hybridized carbons (Fsp3) is 0.188. The summed E-state index contributed by atoms with van der Waals surface area (Å²) in [6.07, 6.45) is 0. The first-order chi connectivity index (χ1) is 9.74. The van der Waals surface area contributed by atoms with Gasteiger partial charge in [0.2, 0.25) is 0 Å². The largest absolute Gasteiger partial charge is 0.319 e. The summed E-state index contributed by atoms with van der Waals surface area (Å²) in [6.45, 7) is 0. The molecule has 110 valence electrons. The van der Waals surface area contributed by atoms with Crippen molar-refractivity contribution in [1.29, 1.82) is 0 Å². The highest BCUT2D eigenvalue weighted by Gasteiger charge is 2.39. The number of nitrogens with zero attached hydrogens (tertiary/aromatic N) is 1. The van der Waals surface area contributed by atoms with Gasteiger partial charge >= 0.3 is 0 Å². The lowest BCUT2D eigenvalue weighted by Crippen LogP contribution is -2.51. The van der Waals surface area contributed by atoms with Crippen molar-refractivity contribution in [2.45, 2.75) is 12.0 Å². The third kappa shape index (κ3) is 2.53. The van der Waals surface area contributed by atoms with E-state index in [1.165, 1.54) is 12.2 Å². The van der Waals surface area contributed by atoms with E-state index >= 15 is 0 Å². The molecule has 1 heterocycles. The van der Waals surface area contributed by atoms with Gasteiger partial charge in [-0.15, -0.1) is 12.4 Å². The van der Waals surface area contributed by atoms with Crippen LogP contribution >= 0.6 is 12.4 Å². The first kappa shape index (κ1) is 15.5. The molecule has 2 atom stereocenters. The van der Waals surface area contributed by atoms with E-state index in [9.17, 15) is 4.79 Å². The van der Waals surface area contributed by atoms with E-state index in [1.807, 2.05) is 54.6 Å². The molecule has 21 heavy (non-hydrogen) atoms. The number of nitrogens with two attached hydrogens (primary N) is 1. The van der Waals surface area contributed by atoms with Crippen molar-refractivity contribution in [2.75, 3.05) is 12.2 Å². The molecule has 2 aromatic rings. The molecule has 0 bridgehead atoms. The fourth-order valence-corrected chi connectivity index (χ4v) is 2.76. The van der Waals surface area contributed by atoms with Crippen LogP contribution in [0.2, 0.25) is 0 Å². The topological polar surface area (TPSA) is 55.6 Å². The van der Waals surface area contributed by atoms with Gasteiger partial charge in [-0.1, -0.05) is 48.5 Å². The van der Waals surface area contributed by atoms with Crippen molar-refractivity contribution in [3.63, 3.8) is 0 Å². The molecule has 0 saturated carbocycles. The second-order valence-corrected chi connectivity index (χ2v) is 4.79. The van der Waals surface area contributed by atoms with Crippen LogP contribution in [0.3, 0.4) is 0 Å². The van der Waals surface area contributed by atoms with Crippen molar-refractivity contribution in [3.05, 3.63) is 65.7 Å². The van der Waals surface area contributed by atoms with Crippen LogP contribution in [0.4, 0.5) is 5.69 Å². The van der Waals surface area contributed by atoms with Crippen LogP contribution in [-0.2, 0) is 9.63 Å². The summed E-state index contributed by atoms with van der Waals surface area (Å²) in [4.78, 5) is 17.6. The van der Waals surface area contributed by atoms with Gasteiger partial charge in [0.1, 0.15) is 0 Å². The zero-order valence-electron chi connectivity index (χ0n) is 11.6. The minimum atomic E-state index is -0.646. The lowest BCUT2D eigenvalue weighted by Gasteiger charge is -2.36. The van der Waals surface area contributed by atoms with E-state index in [-0.39, 0.29) is 24.2 Å². The zero-order valence-corrected chi connectivity index (χ0v) is 12.4. The molecule has 3 rings (SSSR count). The Labute approximate surface area is 129 Å². The Hall–Kier alpha value is -1.88. The van der Waals surface area contributed by atoms with Crippen LogP contribution in [0, 0.1) is 0 Å². The summed E-state index contributed by atoms with van der Waals surface area (Å²) in [6, 6.07) is 16.9. The maximum atomic E-state index is 12.4. The molecule has 0 unspecified atom stereocenters. The number of carbonyl (C=O) groups excluding carboxylic acids is 1. The second-order valence-electron chi connectivity index (χ2n) is 4.79. The van der Waals surface area contributed by atoms with Gasteiger partial charge in [-0.2, -0.15) is 5.06 Å². The number of benzene rings is 2. The first-order valence-corrected chi connectivity index (χ1v) is 6.51. The number of hydroxylamine groups is 1. The number of para-hydroxylation sites is 1. The molecule has 2 aromatic carbocycles. The number of amides is 1. The van der Waals surface area contributed by atoms with Crippen LogP contribution in [0.5, 0.6) is 0 Å². The highest BCUT2D eigenvalue weighted by Crippen LogP contribution is 2.39. The SMILES string of the molecule is CON1C(=O)[C@H](N)[C@@H](c2ccccc2)c2ccccc21.Cl. The van der Waals surface area contributed by atoms with Crippen LogP contribution < -0.4 is 10.8 Å². The fourth-order valence-electron chi connectivity index (χ4n) is 2.76. The number of halogens is 1. The Morgan fingerprint density at radius 2 is 1.67 bits per heavy atom. The third-order valence-electron chi connectivity index (χ3n) is 3.68. The molecule has 0 aliphatic carbocycles. The van der Waals surface area contributed by atoms with Gasteiger partial charge in [0.15, 0.2) is 0 Å². The molecular formula is C16H17ClN2O2. The first-order valence-electron chi connectivity index (χ1n) is 6.51. The van der Waals surface area contributed by atoms with Gasteiger partial charge in [0, 0.05) is 5.92 Å². The van der Waals surface area contributed by atoms with Crippen molar-refractivity contribution < 1.29 is 9.63 Å². The Morgan fingerprint density at radius 3 is 2.33 bits per heavy atom. The van der Waals surface area contributed by atoms with Gasteiger partial charge in [-0.25, -0.2) is 0 Å². The summed E-state index contributed by atoms with van der Waals surface area (Å²) in [5, 5.41) is 1.28. The molecule has 1 aliphatic heterocycles. The van der Waals surface area contributed by atoms with Crippen molar-refractivity contribution in [2.24, 2.45) is 5.73 Å². The predicted octanol–water partition coefficient (Wildman–Crippen LogP) is 2.48. The zero-order chi connectivity index (χ0) is 14.1. The molecule has 0 radical (unpaired) electrons. The third-order valence-corrected chi connectivity index (χ3v) is 3.68. The molecule has 0 aromatic heterocycles. The van der Waals surface area contributed by atoms with E-state index in [4.69, 9.17) is 10.6 Å². The summed E-state index contributed by atoms with van der Waals surface area (Å²) < 4.78 is 0.